The molecule has 1 N–H and O–H groups in total. The van der Waals surface area contributed by atoms with Crippen LogP contribution in [0, 0.1) is 0 Å². The number of methoxy groups -OCH3 is 1. The number of benzene rings is 4. The molecule has 0 saturated carbocycles. The topological polar surface area (TPSA) is 61.8 Å². The Bertz CT molecular complexity index is 1660. The number of nitrogens with zero attached hydrogens (tertiary/aromatic N) is 1. The first-order valence-electron chi connectivity index (χ1n) is 14.9. The van der Waals surface area contributed by atoms with Gasteiger partial charge < -0.3 is 24.0 Å². The maximum atomic E-state index is 7.11. The predicted octanol–water partition coefficient (Wildman–Crippen LogP) is 7.88. The molecule has 0 unspecified atom stereocenters. The van der Waals surface area contributed by atoms with Crippen LogP contribution in [0.2, 0.25) is 5.04 Å². The summed E-state index contributed by atoms with van der Waals surface area (Å²) in [7, 11) is 0.690. The second kappa shape index (κ2) is 12.6. The molecule has 0 fully saturated rings. The molecule has 0 bridgehead atoms. The van der Waals surface area contributed by atoms with Gasteiger partial charge in [0.25, 0.3) is 0 Å². The van der Waals surface area contributed by atoms with E-state index in [2.05, 4.69) is 98.9 Å². The number of rotatable bonds is 9. The number of ether oxygens (including phenoxy) is 3. The van der Waals surface area contributed by atoms with Crippen LogP contribution in [-0.4, -0.2) is 35.1 Å². The van der Waals surface area contributed by atoms with Crippen LogP contribution < -0.4 is 19.5 Å². The zero-order valence-corrected chi connectivity index (χ0v) is 27.1. The largest absolute Gasteiger partial charge is 0.486 e. The van der Waals surface area contributed by atoms with E-state index >= 15 is 0 Å². The van der Waals surface area contributed by atoms with Gasteiger partial charge in [-0.15, -0.1) is 0 Å². The van der Waals surface area contributed by atoms with Crippen LogP contribution in [0.5, 0.6) is 17.4 Å². The maximum Gasteiger partial charge on any atom is 0.238 e. The lowest BCUT2D eigenvalue weighted by atomic mass is 9.80. The van der Waals surface area contributed by atoms with E-state index in [4.69, 9.17) is 23.6 Å². The number of aromatic nitrogens is 1. The van der Waals surface area contributed by atoms with Crippen molar-refractivity contribution in [3.05, 3.63) is 132 Å². The first kappa shape index (κ1) is 29.5. The monoisotopic (exact) mass is 602 g/mol. The number of pyridine rings is 1. The van der Waals surface area contributed by atoms with Crippen molar-refractivity contribution < 1.29 is 18.6 Å². The Morgan fingerprint density at radius 2 is 1.34 bits per heavy atom. The second-order valence-corrected chi connectivity index (χ2v) is 14.7. The molecule has 0 saturated heterocycles. The van der Waals surface area contributed by atoms with Gasteiger partial charge in [-0.05, 0) is 58.1 Å². The summed E-state index contributed by atoms with van der Waals surface area (Å²) in [6.45, 7) is 7.82. The smallest absolute Gasteiger partial charge is 0.238 e. The molecule has 7 heteroatoms. The summed E-state index contributed by atoms with van der Waals surface area (Å²) in [5, 5.41) is 3.62. The van der Waals surface area contributed by atoms with Crippen LogP contribution in [0.15, 0.2) is 115 Å². The third-order valence-electron chi connectivity index (χ3n) is 7.55. The van der Waals surface area contributed by atoms with E-state index in [1.807, 2.05) is 42.5 Å². The summed E-state index contributed by atoms with van der Waals surface area (Å²) in [6.07, 6.45) is 0. The standard InChI is InChI=1S/C37H38N2O4Si/c1-36(2,3)44-43-37(26-12-7-5-8-13-26,27-14-9-6-10-15-27)28-18-20-29(21-19-28)38-32-23-22-31(39-35(32)40-4)30-16-11-17-33-34(30)42-25-24-41-33/h5-23,38H,24-25,44H2,1-4H3. The molecular formula is C37H38N2O4Si. The van der Waals surface area contributed by atoms with Crippen molar-refractivity contribution in [2.24, 2.45) is 0 Å². The third kappa shape index (κ3) is 6.07. The van der Waals surface area contributed by atoms with E-state index < -0.39 is 15.4 Å². The average Bonchev–Trinajstić information content (AvgIpc) is 3.06. The highest BCUT2D eigenvalue weighted by atomic mass is 28.2. The fraction of sp³-hybridized carbons (Fsp3) is 0.216. The molecule has 2 heterocycles. The molecule has 5 aromatic rings. The highest BCUT2D eigenvalue weighted by Crippen LogP contribution is 2.43. The fourth-order valence-corrected chi connectivity index (χ4v) is 6.63. The Morgan fingerprint density at radius 1 is 0.705 bits per heavy atom. The van der Waals surface area contributed by atoms with E-state index in [1.165, 1.54) is 0 Å². The Hall–Kier alpha value is -4.59. The number of hydrogen-bond donors (Lipinski definition) is 1. The minimum atomic E-state index is -0.940. The highest BCUT2D eigenvalue weighted by molar-refractivity contribution is 6.32. The summed E-state index contributed by atoms with van der Waals surface area (Å²) >= 11 is 0. The summed E-state index contributed by atoms with van der Waals surface area (Å²) in [5.74, 6) is 1.93. The van der Waals surface area contributed by atoms with Crippen LogP contribution >= 0.6 is 0 Å². The van der Waals surface area contributed by atoms with Crippen molar-refractivity contribution in [2.45, 2.75) is 31.4 Å². The third-order valence-corrected chi connectivity index (χ3v) is 8.99. The number of hydrogen-bond acceptors (Lipinski definition) is 6. The van der Waals surface area contributed by atoms with Crippen LogP contribution in [0.1, 0.15) is 37.5 Å². The molecule has 4 aromatic carbocycles. The molecule has 1 aliphatic heterocycles. The van der Waals surface area contributed by atoms with Crippen LogP contribution in [-0.2, 0) is 10.0 Å². The van der Waals surface area contributed by atoms with E-state index in [0.29, 0.717) is 24.8 Å². The van der Waals surface area contributed by atoms with E-state index in [0.717, 1.165) is 45.1 Å². The summed E-state index contributed by atoms with van der Waals surface area (Å²) in [4.78, 5) is 4.81. The molecule has 1 aliphatic rings. The Labute approximate surface area is 261 Å². The van der Waals surface area contributed by atoms with Crippen LogP contribution in [0.3, 0.4) is 0 Å². The van der Waals surface area contributed by atoms with Gasteiger partial charge in [0.15, 0.2) is 21.3 Å². The van der Waals surface area contributed by atoms with E-state index in [-0.39, 0.29) is 5.04 Å². The molecule has 0 spiro atoms. The van der Waals surface area contributed by atoms with E-state index in [1.54, 1.807) is 7.11 Å². The van der Waals surface area contributed by atoms with Gasteiger partial charge in [0, 0.05) is 11.3 Å². The number of nitrogens with one attached hydrogen (secondary N) is 1. The molecule has 0 amide bonds. The fourth-order valence-electron chi connectivity index (χ4n) is 5.48. The van der Waals surface area contributed by atoms with Crippen LogP contribution in [0.25, 0.3) is 11.3 Å². The highest BCUT2D eigenvalue weighted by Gasteiger charge is 2.38. The predicted molar refractivity (Wildman–Crippen MR) is 179 cm³/mol. The first-order chi connectivity index (χ1) is 21.4. The summed E-state index contributed by atoms with van der Waals surface area (Å²) in [5.41, 5.74) is 5.88. The molecule has 6 nitrogen and oxygen atoms in total. The van der Waals surface area contributed by atoms with Crippen molar-refractivity contribution in [1.29, 1.82) is 0 Å². The first-order valence-corrected chi connectivity index (χ1v) is 16.2. The normalized spacial score (nSPS) is 13.2. The van der Waals surface area contributed by atoms with Crippen molar-refractivity contribution in [2.75, 3.05) is 25.6 Å². The zero-order valence-electron chi connectivity index (χ0n) is 25.7. The lowest BCUT2D eigenvalue weighted by molar-refractivity contribution is 0.157. The van der Waals surface area contributed by atoms with Gasteiger partial charge >= 0.3 is 0 Å². The van der Waals surface area contributed by atoms with Gasteiger partial charge in [0.1, 0.15) is 24.5 Å². The molecule has 0 aliphatic carbocycles. The molecule has 0 atom stereocenters. The van der Waals surface area contributed by atoms with Gasteiger partial charge in [-0.3, -0.25) is 0 Å². The lowest BCUT2D eigenvalue weighted by Gasteiger charge is -2.38. The van der Waals surface area contributed by atoms with Gasteiger partial charge in [0.05, 0.1) is 12.8 Å². The Balaban J connectivity index is 1.34. The number of para-hydroxylation sites is 1. The SMILES string of the molecule is COc1nc(-c2cccc3c2OCCO3)ccc1Nc1ccc(C(O[SiH2]C(C)(C)C)(c2ccccc2)c2ccccc2)cc1. The minimum absolute atomic E-state index is 0.115. The Kier molecular flexibility index (Phi) is 8.42. The minimum Gasteiger partial charge on any atom is -0.486 e. The molecule has 6 rings (SSSR count). The lowest BCUT2D eigenvalue weighted by Crippen LogP contribution is -2.36. The van der Waals surface area contributed by atoms with Crippen LogP contribution in [0.4, 0.5) is 11.4 Å². The zero-order chi connectivity index (χ0) is 30.6. The summed E-state index contributed by atoms with van der Waals surface area (Å²) in [6, 6.07) is 39.3. The quantitative estimate of drug-likeness (QED) is 0.137. The van der Waals surface area contributed by atoms with Crippen molar-refractivity contribution >= 4 is 21.1 Å². The van der Waals surface area contributed by atoms with Crippen molar-refractivity contribution in [3.8, 4) is 28.6 Å². The van der Waals surface area contributed by atoms with Crippen molar-refractivity contribution in [1.82, 2.24) is 4.98 Å². The Morgan fingerprint density at radius 3 is 1.98 bits per heavy atom. The molecule has 224 valence electrons. The molecular weight excluding hydrogens is 565 g/mol. The number of anilines is 2. The number of fused-ring (bicyclic) bond motifs is 1. The van der Waals surface area contributed by atoms with E-state index in [9.17, 15) is 0 Å². The van der Waals surface area contributed by atoms with Gasteiger partial charge in [0.2, 0.25) is 5.88 Å². The molecule has 0 radical (unpaired) electrons. The van der Waals surface area contributed by atoms with Gasteiger partial charge in [-0.1, -0.05) is 99.6 Å². The summed E-state index contributed by atoms with van der Waals surface area (Å²) < 4.78 is 24.5. The molecule has 1 aromatic heterocycles. The van der Waals surface area contributed by atoms with Gasteiger partial charge in [-0.2, -0.15) is 0 Å². The molecule has 44 heavy (non-hydrogen) atoms. The maximum absolute atomic E-state index is 7.11. The van der Waals surface area contributed by atoms with Crippen molar-refractivity contribution in [3.63, 3.8) is 0 Å². The van der Waals surface area contributed by atoms with Gasteiger partial charge in [-0.25, -0.2) is 4.98 Å². The second-order valence-electron chi connectivity index (χ2n) is 12.0. The average molecular weight is 603 g/mol.